The monoisotopic (exact) mass is 285 g/mol. The molecule has 0 spiro atoms. The molecule has 0 fully saturated rings. The van der Waals surface area contributed by atoms with Crippen LogP contribution in [0.3, 0.4) is 0 Å². The molecule has 0 saturated carbocycles. The fourth-order valence-corrected chi connectivity index (χ4v) is 2.84. The van der Waals surface area contributed by atoms with Crippen molar-refractivity contribution in [2.75, 3.05) is 25.0 Å². The summed E-state index contributed by atoms with van der Waals surface area (Å²) in [6, 6.07) is 6.91. The van der Waals surface area contributed by atoms with Crippen LogP contribution in [0.5, 0.6) is 0 Å². The van der Waals surface area contributed by atoms with Crippen LogP contribution in [0.1, 0.15) is 20.3 Å². The van der Waals surface area contributed by atoms with Crippen molar-refractivity contribution >= 4 is 15.7 Å². The lowest BCUT2D eigenvalue weighted by Crippen LogP contribution is -2.26. The van der Waals surface area contributed by atoms with Crippen molar-refractivity contribution in [2.45, 2.75) is 25.2 Å². The van der Waals surface area contributed by atoms with Gasteiger partial charge in [-0.05, 0) is 31.0 Å². The maximum Gasteiger partial charge on any atom is 0.242 e. The van der Waals surface area contributed by atoms with Crippen LogP contribution < -0.4 is 15.8 Å². The highest BCUT2D eigenvalue weighted by Gasteiger charge is 2.17. The second-order valence-corrected chi connectivity index (χ2v) is 6.35. The molecule has 0 aliphatic rings. The Labute approximate surface area is 115 Å². The van der Waals surface area contributed by atoms with Crippen LogP contribution in [-0.2, 0) is 10.0 Å². The van der Waals surface area contributed by atoms with Crippen molar-refractivity contribution in [1.29, 1.82) is 0 Å². The molecule has 5 nitrogen and oxygen atoms in total. The van der Waals surface area contributed by atoms with E-state index in [4.69, 9.17) is 5.73 Å². The van der Waals surface area contributed by atoms with E-state index in [-0.39, 0.29) is 4.90 Å². The highest BCUT2D eigenvalue weighted by Crippen LogP contribution is 2.20. The summed E-state index contributed by atoms with van der Waals surface area (Å²) in [6.07, 6.45) is 0.763. The molecule has 0 aromatic heterocycles. The van der Waals surface area contributed by atoms with Gasteiger partial charge >= 0.3 is 0 Å². The predicted octanol–water partition coefficient (Wildman–Crippen LogP) is 1.38. The van der Waals surface area contributed by atoms with E-state index in [2.05, 4.69) is 10.0 Å². The van der Waals surface area contributed by atoms with Gasteiger partial charge in [-0.3, -0.25) is 0 Å². The first kappa shape index (κ1) is 15.9. The first-order valence-corrected chi connectivity index (χ1v) is 8.02. The maximum absolute atomic E-state index is 12.2. The molecule has 19 heavy (non-hydrogen) atoms. The smallest absolute Gasteiger partial charge is 0.242 e. The van der Waals surface area contributed by atoms with Gasteiger partial charge in [0.15, 0.2) is 0 Å². The van der Waals surface area contributed by atoms with Crippen LogP contribution in [0.15, 0.2) is 29.2 Å². The number of nitrogens with one attached hydrogen (secondary N) is 2. The van der Waals surface area contributed by atoms with Gasteiger partial charge in [0.05, 0.1) is 5.69 Å². The number of sulfonamides is 1. The molecule has 4 N–H and O–H groups in total. The molecule has 0 bridgehead atoms. The maximum atomic E-state index is 12.2. The van der Waals surface area contributed by atoms with Gasteiger partial charge in [0, 0.05) is 13.1 Å². The quantitative estimate of drug-likeness (QED) is 0.674. The fraction of sp³-hybridized carbons (Fsp3) is 0.538. The second-order valence-electron chi connectivity index (χ2n) is 4.62. The SMILES string of the molecule is CCCNS(=O)(=O)c1ccccc1NCC(C)CN. The number of benzene rings is 1. The molecular formula is C13H23N3O2S. The molecule has 0 saturated heterocycles. The van der Waals surface area contributed by atoms with Gasteiger partial charge in [-0.1, -0.05) is 26.0 Å². The van der Waals surface area contributed by atoms with Crippen molar-refractivity contribution in [3.05, 3.63) is 24.3 Å². The Morgan fingerprint density at radius 2 is 2.00 bits per heavy atom. The average molecular weight is 285 g/mol. The third-order valence-electron chi connectivity index (χ3n) is 2.76. The molecule has 1 aromatic rings. The lowest BCUT2D eigenvalue weighted by Gasteiger charge is -2.15. The number of nitrogens with two attached hydrogens (primary N) is 1. The molecule has 0 aliphatic heterocycles. The number of hydrogen-bond donors (Lipinski definition) is 3. The summed E-state index contributed by atoms with van der Waals surface area (Å²) in [7, 11) is -3.45. The highest BCUT2D eigenvalue weighted by molar-refractivity contribution is 7.89. The van der Waals surface area contributed by atoms with Crippen LogP contribution >= 0.6 is 0 Å². The van der Waals surface area contributed by atoms with Gasteiger partial charge in [-0.2, -0.15) is 0 Å². The summed E-state index contributed by atoms with van der Waals surface area (Å²) in [6.45, 7) is 5.59. The zero-order valence-electron chi connectivity index (χ0n) is 11.5. The Hall–Kier alpha value is -1.11. The molecule has 1 atom stereocenters. The van der Waals surface area contributed by atoms with E-state index in [0.29, 0.717) is 31.2 Å². The van der Waals surface area contributed by atoms with Gasteiger partial charge in [-0.25, -0.2) is 13.1 Å². The lowest BCUT2D eigenvalue weighted by molar-refractivity contribution is 0.580. The van der Waals surface area contributed by atoms with E-state index in [1.165, 1.54) is 0 Å². The number of hydrogen-bond acceptors (Lipinski definition) is 4. The van der Waals surface area contributed by atoms with Crippen LogP contribution in [0, 0.1) is 5.92 Å². The first-order chi connectivity index (χ1) is 9.01. The van der Waals surface area contributed by atoms with Crippen molar-refractivity contribution in [3.8, 4) is 0 Å². The van der Waals surface area contributed by atoms with Crippen LogP contribution in [0.25, 0.3) is 0 Å². The molecule has 0 aliphatic carbocycles. The summed E-state index contributed by atoms with van der Waals surface area (Å²) in [5.74, 6) is 0.291. The van der Waals surface area contributed by atoms with Gasteiger partial charge in [0.1, 0.15) is 4.90 Å². The standard InChI is InChI=1S/C13H23N3O2S/c1-3-8-16-19(17,18)13-7-5-4-6-12(13)15-10-11(2)9-14/h4-7,11,15-16H,3,8-10,14H2,1-2H3. The van der Waals surface area contributed by atoms with Gasteiger partial charge < -0.3 is 11.1 Å². The Balaban J connectivity index is 2.89. The van der Waals surface area contributed by atoms with E-state index in [0.717, 1.165) is 6.42 Å². The Bertz CT molecular complexity index is 488. The van der Waals surface area contributed by atoms with Gasteiger partial charge in [0.2, 0.25) is 10.0 Å². The molecule has 1 aromatic carbocycles. The number of para-hydroxylation sites is 1. The largest absolute Gasteiger partial charge is 0.384 e. The second kappa shape index (κ2) is 7.47. The van der Waals surface area contributed by atoms with Crippen molar-refractivity contribution in [3.63, 3.8) is 0 Å². The normalized spacial score (nSPS) is 13.2. The zero-order valence-corrected chi connectivity index (χ0v) is 12.3. The van der Waals surface area contributed by atoms with E-state index in [1.54, 1.807) is 18.2 Å². The summed E-state index contributed by atoms with van der Waals surface area (Å²) in [4.78, 5) is 0.285. The Morgan fingerprint density at radius 3 is 2.63 bits per heavy atom. The Morgan fingerprint density at radius 1 is 1.32 bits per heavy atom. The number of anilines is 1. The fourth-order valence-electron chi connectivity index (χ4n) is 1.53. The van der Waals surface area contributed by atoms with Crippen LogP contribution in [0.4, 0.5) is 5.69 Å². The first-order valence-electron chi connectivity index (χ1n) is 6.54. The van der Waals surface area contributed by atoms with E-state index < -0.39 is 10.0 Å². The van der Waals surface area contributed by atoms with Crippen LogP contribution in [-0.4, -0.2) is 28.1 Å². The minimum atomic E-state index is -3.45. The van der Waals surface area contributed by atoms with Crippen molar-refractivity contribution in [1.82, 2.24) is 4.72 Å². The van der Waals surface area contributed by atoms with E-state index >= 15 is 0 Å². The molecule has 6 heteroatoms. The number of rotatable bonds is 8. The topological polar surface area (TPSA) is 84.2 Å². The molecule has 0 heterocycles. The molecular weight excluding hydrogens is 262 g/mol. The minimum absolute atomic E-state index is 0.285. The minimum Gasteiger partial charge on any atom is -0.384 e. The van der Waals surface area contributed by atoms with E-state index in [9.17, 15) is 8.42 Å². The van der Waals surface area contributed by atoms with Gasteiger partial charge in [-0.15, -0.1) is 0 Å². The summed E-state index contributed by atoms with van der Waals surface area (Å²) >= 11 is 0. The zero-order chi connectivity index (χ0) is 14.3. The summed E-state index contributed by atoms with van der Waals surface area (Å²) in [5.41, 5.74) is 6.17. The molecule has 1 unspecified atom stereocenters. The lowest BCUT2D eigenvalue weighted by atomic mass is 10.2. The highest BCUT2D eigenvalue weighted by atomic mass is 32.2. The Kier molecular flexibility index (Phi) is 6.27. The van der Waals surface area contributed by atoms with E-state index in [1.807, 2.05) is 19.9 Å². The molecule has 0 amide bonds. The third kappa shape index (κ3) is 4.81. The van der Waals surface area contributed by atoms with Crippen LogP contribution in [0.2, 0.25) is 0 Å². The summed E-state index contributed by atoms with van der Waals surface area (Å²) < 4.78 is 26.9. The molecule has 1 rings (SSSR count). The molecule has 108 valence electrons. The summed E-state index contributed by atoms with van der Waals surface area (Å²) in [5, 5.41) is 3.15. The molecule has 0 radical (unpaired) electrons. The predicted molar refractivity (Wildman–Crippen MR) is 78.6 cm³/mol. The average Bonchev–Trinajstić information content (AvgIpc) is 2.42. The third-order valence-corrected chi connectivity index (χ3v) is 4.28. The van der Waals surface area contributed by atoms with Crippen molar-refractivity contribution in [2.24, 2.45) is 11.7 Å². The van der Waals surface area contributed by atoms with Gasteiger partial charge in [0.25, 0.3) is 0 Å². The van der Waals surface area contributed by atoms with Crippen molar-refractivity contribution < 1.29 is 8.42 Å².